The molecular formula is C9H11ClFNO. The molecule has 0 saturated heterocycles. The third kappa shape index (κ3) is 2.86. The second kappa shape index (κ2) is 4.44. The summed E-state index contributed by atoms with van der Waals surface area (Å²) < 4.78 is 17.7. The molecule has 13 heavy (non-hydrogen) atoms. The molecule has 1 rings (SSSR count). The van der Waals surface area contributed by atoms with E-state index in [0.717, 1.165) is 0 Å². The largest absolute Gasteiger partial charge is 0.362 e. The summed E-state index contributed by atoms with van der Waals surface area (Å²) in [6, 6.07) is 4.14. The first kappa shape index (κ1) is 10.3. The first-order valence-electron chi connectivity index (χ1n) is 3.88. The maximum absolute atomic E-state index is 12.8. The predicted molar refractivity (Wildman–Crippen MR) is 51.5 cm³/mol. The van der Waals surface area contributed by atoms with Crippen LogP contribution >= 0.6 is 11.6 Å². The Labute approximate surface area is 81.7 Å². The van der Waals surface area contributed by atoms with Gasteiger partial charge >= 0.3 is 0 Å². The summed E-state index contributed by atoms with van der Waals surface area (Å²) in [7, 11) is 1.56. The zero-order valence-corrected chi connectivity index (χ0v) is 8.23. The molecule has 1 unspecified atom stereocenters. The summed E-state index contributed by atoms with van der Waals surface area (Å²) in [4.78, 5) is 0. The molecular weight excluding hydrogens is 193 g/mol. The van der Waals surface area contributed by atoms with E-state index in [9.17, 15) is 4.39 Å². The lowest BCUT2D eigenvalue weighted by Gasteiger charge is -2.14. The van der Waals surface area contributed by atoms with Crippen molar-refractivity contribution in [2.24, 2.45) is 0 Å². The number of hydrogen-bond acceptors (Lipinski definition) is 2. The van der Waals surface area contributed by atoms with Gasteiger partial charge in [-0.3, -0.25) is 0 Å². The summed E-state index contributed by atoms with van der Waals surface area (Å²) in [5.41, 5.74) is 0.538. The van der Waals surface area contributed by atoms with Crippen molar-refractivity contribution in [1.29, 1.82) is 0 Å². The Hall–Kier alpha value is -0.800. The molecule has 0 heterocycles. The molecule has 72 valence electrons. The minimum Gasteiger partial charge on any atom is -0.362 e. The van der Waals surface area contributed by atoms with Gasteiger partial charge in [0.15, 0.2) is 0 Å². The Morgan fingerprint density at radius 3 is 2.85 bits per heavy atom. The first-order valence-corrected chi connectivity index (χ1v) is 4.25. The van der Waals surface area contributed by atoms with Crippen molar-refractivity contribution in [3.63, 3.8) is 0 Å². The number of hydrogen-bond donors (Lipinski definition) is 1. The summed E-state index contributed by atoms with van der Waals surface area (Å²) >= 11 is 5.81. The van der Waals surface area contributed by atoms with Crippen LogP contribution in [0, 0.1) is 5.82 Å². The lowest BCUT2D eigenvalue weighted by atomic mass is 10.3. The van der Waals surface area contributed by atoms with E-state index in [4.69, 9.17) is 16.3 Å². The third-order valence-electron chi connectivity index (χ3n) is 1.64. The van der Waals surface area contributed by atoms with Crippen molar-refractivity contribution in [3.8, 4) is 0 Å². The average Bonchev–Trinajstić information content (AvgIpc) is 2.11. The summed E-state index contributed by atoms with van der Waals surface area (Å²) in [5.74, 6) is -0.324. The van der Waals surface area contributed by atoms with Crippen LogP contribution in [0.2, 0.25) is 5.02 Å². The SMILES string of the molecule is COC(C)Nc1cc(F)ccc1Cl. The van der Waals surface area contributed by atoms with Crippen molar-refractivity contribution < 1.29 is 9.13 Å². The van der Waals surface area contributed by atoms with Gasteiger partial charge in [-0.15, -0.1) is 0 Å². The summed E-state index contributed by atoms with van der Waals surface area (Å²) in [6.07, 6.45) is -0.195. The molecule has 0 saturated carbocycles. The van der Waals surface area contributed by atoms with E-state index >= 15 is 0 Å². The third-order valence-corrected chi connectivity index (χ3v) is 1.97. The number of ether oxygens (including phenoxy) is 1. The lowest BCUT2D eigenvalue weighted by Crippen LogP contribution is -2.17. The normalized spacial score (nSPS) is 12.6. The molecule has 1 aromatic carbocycles. The molecule has 4 heteroatoms. The average molecular weight is 204 g/mol. The van der Waals surface area contributed by atoms with Crippen molar-refractivity contribution in [1.82, 2.24) is 0 Å². The summed E-state index contributed by atoms with van der Waals surface area (Å²) in [6.45, 7) is 1.81. The van der Waals surface area contributed by atoms with Crippen LogP contribution in [0.4, 0.5) is 10.1 Å². The van der Waals surface area contributed by atoms with E-state index in [0.29, 0.717) is 10.7 Å². The molecule has 2 nitrogen and oxygen atoms in total. The first-order chi connectivity index (χ1) is 6.13. The van der Waals surface area contributed by atoms with Gasteiger partial charge in [0.1, 0.15) is 12.0 Å². The van der Waals surface area contributed by atoms with Gasteiger partial charge in [-0.25, -0.2) is 4.39 Å². The van der Waals surface area contributed by atoms with Crippen LogP contribution in [-0.2, 0) is 4.74 Å². The van der Waals surface area contributed by atoms with Crippen LogP contribution in [0.3, 0.4) is 0 Å². The molecule has 0 aliphatic rings. The van der Waals surface area contributed by atoms with E-state index < -0.39 is 0 Å². The molecule has 0 bridgehead atoms. The minimum absolute atomic E-state index is 0.195. The molecule has 1 aromatic rings. The zero-order chi connectivity index (χ0) is 9.84. The van der Waals surface area contributed by atoms with E-state index in [1.807, 2.05) is 0 Å². The fourth-order valence-corrected chi connectivity index (χ4v) is 1.06. The number of nitrogens with one attached hydrogen (secondary N) is 1. The van der Waals surface area contributed by atoms with Gasteiger partial charge in [-0.1, -0.05) is 11.6 Å². The predicted octanol–water partition coefficient (Wildman–Crippen LogP) is 2.88. The van der Waals surface area contributed by atoms with Crippen LogP contribution in [0.15, 0.2) is 18.2 Å². The maximum Gasteiger partial charge on any atom is 0.125 e. The number of benzene rings is 1. The van der Waals surface area contributed by atoms with Crippen LogP contribution in [0.25, 0.3) is 0 Å². The molecule has 0 radical (unpaired) electrons. The fraction of sp³-hybridized carbons (Fsp3) is 0.333. The van der Waals surface area contributed by atoms with Crippen LogP contribution in [0.1, 0.15) is 6.92 Å². The maximum atomic E-state index is 12.8. The van der Waals surface area contributed by atoms with E-state index in [1.54, 1.807) is 14.0 Å². The molecule has 0 amide bonds. The van der Waals surface area contributed by atoms with Gasteiger partial charge in [0.25, 0.3) is 0 Å². The minimum atomic E-state index is -0.324. The van der Waals surface area contributed by atoms with Crippen LogP contribution < -0.4 is 5.32 Å². The standard InChI is InChI=1S/C9H11ClFNO/c1-6(13-2)12-9-5-7(11)3-4-8(9)10/h3-6,12H,1-2H3. The van der Waals surface area contributed by atoms with Crippen molar-refractivity contribution in [2.75, 3.05) is 12.4 Å². The highest BCUT2D eigenvalue weighted by Crippen LogP contribution is 2.22. The van der Waals surface area contributed by atoms with E-state index in [2.05, 4.69) is 5.32 Å². The van der Waals surface area contributed by atoms with Gasteiger partial charge < -0.3 is 10.1 Å². The molecule has 0 spiro atoms. The molecule has 1 N–H and O–H groups in total. The number of halogens is 2. The lowest BCUT2D eigenvalue weighted by molar-refractivity contribution is 0.141. The van der Waals surface area contributed by atoms with Crippen molar-refractivity contribution in [3.05, 3.63) is 29.0 Å². The van der Waals surface area contributed by atoms with Gasteiger partial charge in [-0.05, 0) is 25.1 Å². The van der Waals surface area contributed by atoms with Crippen molar-refractivity contribution in [2.45, 2.75) is 13.2 Å². The Bertz CT molecular complexity index is 293. The second-order valence-corrected chi connectivity index (χ2v) is 3.05. The van der Waals surface area contributed by atoms with Gasteiger partial charge in [-0.2, -0.15) is 0 Å². The highest BCUT2D eigenvalue weighted by Gasteiger charge is 2.04. The molecule has 0 aliphatic heterocycles. The van der Waals surface area contributed by atoms with E-state index in [1.165, 1.54) is 18.2 Å². The second-order valence-electron chi connectivity index (χ2n) is 2.65. The highest BCUT2D eigenvalue weighted by molar-refractivity contribution is 6.33. The fourth-order valence-electron chi connectivity index (χ4n) is 0.886. The van der Waals surface area contributed by atoms with E-state index in [-0.39, 0.29) is 12.0 Å². The smallest absolute Gasteiger partial charge is 0.125 e. The molecule has 0 fully saturated rings. The molecule has 0 aliphatic carbocycles. The molecule has 0 aromatic heterocycles. The Balaban J connectivity index is 2.81. The van der Waals surface area contributed by atoms with Gasteiger partial charge in [0.05, 0.1) is 10.7 Å². The Kier molecular flexibility index (Phi) is 3.51. The van der Waals surface area contributed by atoms with Gasteiger partial charge in [0.2, 0.25) is 0 Å². The Morgan fingerprint density at radius 2 is 2.23 bits per heavy atom. The van der Waals surface area contributed by atoms with Gasteiger partial charge in [0, 0.05) is 7.11 Å². The van der Waals surface area contributed by atoms with Crippen LogP contribution in [0.5, 0.6) is 0 Å². The quantitative estimate of drug-likeness (QED) is 0.763. The highest BCUT2D eigenvalue weighted by atomic mass is 35.5. The summed E-state index contributed by atoms with van der Waals surface area (Å²) in [5, 5.41) is 3.38. The van der Waals surface area contributed by atoms with Crippen LogP contribution in [-0.4, -0.2) is 13.3 Å². The topological polar surface area (TPSA) is 21.3 Å². The number of rotatable bonds is 3. The number of methoxy groups -OCH3 is 1. The monoisotopic (exact) mass is 203 g/mol. The molecule has 1 atom stereocenters. The zero-order valence-electron chi connectivity index (χ0n) is 7.47. The Morgan fingerprint density at radius 1 is 1.54 bits per heavy atom. The number of anilines is 1. The van der Waals surface area contributed by atoms with Crippen molar-refractivity contribution >= 4 is 17.3 Å².